The summed E-state index contributed by atoms with van der Waals surface area (Å²) in [6.45, 7) is 0.473. The van der Waals surface area contributed by atoms with E-state index in [2.05, 4.69) is 0 Å². The molecule has 0 fully saturated rings. The first-order chi connectivity index (χ1) is 10.1. The number of hydrogen-bond donors (Lipinski definition) is 2. The highest BCUT2D eigenvalue weighted by molar-refractivity contribution is 6.38. The summed E-state index contributed by atoms with van der Waals surface area (Å²) in [5.41, 5.74) is 1.29. The number of aliphatic hydroxyl groups excluding tert-OH is 2. The monoisotopic (exact) mass is 310 g/mol. The quantitative estimate of drug-likeness (QED) is 0.852. The minimum atomic E-state index is -0.235. The molecule has 1 heterocycles. The van der Waals surface area contributed by atoms with Crippen molar-refractivity contribution in [1.82, 2.24) is 9.47 Å². The van der Waals surface area contributed by atoms with E-state index in [4.69, 9.17) is 21.8 Å². The highest BCUT2D eigenvalue weighted by Gasteiger charge is 2.23. The number of aryl methyl sites for hydroxylation is 1. The van der Waals surface area contributed by atoms with Gasteiger partial charge < -0.3 is 19.7 Å². The molecule has 0 atom stereocenters. The van der Waals surface area contributed by atoms with Gasteiger partial charge in [-0.05, 0) is 12.5 Å². The van der Waals surface area contributed by atoms with E-state index in [0.29, 0.717) is 23.7 Å². The number of amides is 1. The normalized spacial score (nSPS) is 11.0. The number of rotatable bonds is 6. The Morgan fingerprint density at radius 3 is 2.57 bits per heavy atom. The van der Waals surface area contributed by atoms with Gasteiger partial charge in [0.15, 0.2) is 0 Å². The van der Waals surface area contributed by atoms with Crippen LogP contribution in [0.3, 0.4) is 0 Å². The molecule has 0 bridgehead atoms. The van der Waals surface area contributed by atoms with Gasteiger partial charge in [0.05, 0.1) is 11.6 Å². The number of nitrogens with zero attached hydrogens (tertiary/aromatic N) is 2. The highest BCUT2D eigenvalue weighted by Crippen LogP contribution is 2.30. The van der Waals surface area contributed by atoms with Crippen molar-refractivity contribution in [3.05, 3.63) is 35.0 Å². The molecule has 0 unspecified atom stereocenters. The zero-order valence-corrected chi connectivity index (χ0v) is 12.7. The van der Waals surface area contributed by atoms with Gasteiger partial charge >= 0.3 is 0 Å². The van der Waals surface area contributed by atoms with Crippen LogP contribution >= 0.6 is 11.6 Å². The van der Waals surface area contributed by atoms with Gasteiger partial charge in [0.25, 0.3) is 5.91 Å². The van der Waals surface area contributed by atoms with Gasteiger partial charge in [-0.3, -0.25) is 4.79 Å². The van der Waals surface area contributed by atoms with E-state index in [1.807, 2.05) is 24.3 Å². The first kappa shape index (κ1) is 15.8. The first-order valence-electron chi connectivity index (χ1n) is 6.85. The summed E-state index contributed by atoms with van der Waals surface area (Å²) in [4.78, 5) is 14.2. The van der Waals surface area contributed by atoms with E-state index in [1.165, 1.54) is 4.90 Å². The zero-order valence-electron chi connectivity index (χ0n) is 11.9. The molecule has 1 aromatic heterocycles. The Balaban J connectivity index is 2.41. The fourth-order valence-corrected chi connectivity index (χ4v) is 2.80. The van der Waals surface area contributed by atoms with Crippen molar-refractivity contribution in [2.75, 3.05) is 26.3 Å². The van der Waals surface area contributed by atoms with Crippen molar-refractivity contribution in [2.45, 2.75) is 6.42 Å². The Hall–Kier alpha value is -1.56. The van der Waals surface area contributed by atoms with Crippen LogP contribution in [-0.2, 0) is 7.05 Å². The molecule has 0 radical (unpaired) electrons. The molecule has 21 heavy (non-hydrogen) atoms. The van der Waals surface area contributed by atoms with Crippen LogP contribution in [-0.4, -0.2) is 51.9 Å². The fourth-order valence-electron chi connectivity index (χ4n) is 2.43. The number of hydrogen-bond acceptors (Lipinski definition) is 3. The Kier molecular flexibility index (Phi) is 5.22. The smallest absolute Gasteiger partial charge is 0.272 e. The van der Waals surface area contributed by atoms with E-state index >= 15 is 0 Å². The summed E-state index contributed by atoms with van der Waals surface area (Å²) in [7, 11) is 1.80. The van der Waals surface area contributed by atoms with Crippen LogP contribution in [0.25, 0.3) is 10.9 Å². The van der Waals surface area contributed by atoms with Crippen molar-refractivity contribution in [2.24, 2.45) is 7.05 Å². The van der Waals surface area contributed by atoms with Crippen LogP contribution in [0.2, 0.25) is 5.02 Å². The molecule has 2 rings (SSSR count). The van der Waals surface area contributed by atoms with Gasteiger partial charge in [0.2, 0.25) is 0 Å². The van der Waals surface area contributed by atoms with E-state index in [9.17, 15) is 4.79 Å². The van der Waals surface area contributed by atoms with Crippen molar-refractivity contribution in [1.29, 1.82) is 0 Å². The Morgan fingerprint density at radius 1 is 1.24 bits per heavy atom. The molecule has 6 heteroatoms. The van der Waals surface area contributed by atoms with Crippen LogP contribution in [0.15, 0.2) is 24.3 Å². The zero-order chi connectivity index (χ0) is 15.4. The second-order valence-corrected chi connectivity index (χ2v) is 5.21. The lowest BCUT2D eigenvalue weighted by Gasteiger charge is -2.22. The molecule has 114 valence electrons. The summed E-state index contributed by atoms with van der Waals surface area (Å²) in [6.07, 6.45) is 0.466. The van der Waals surface area contributed by atoms with Gasteiger partial charge in [-0.2, -0.15) is 0 Å². The van der Waals surface area contributed by atoms with Gasteiger partial charge in [-0.25, -0.2) is 0 Å². The molecule has 2 N–H and O–H groups in total. The predicted octanol–water partition coefficient (Wildman–Crippen LogP) is 1.65. The van der Waals surface area contributed by atoms with Crippen LogP contribution < -0.4 is 0 Å². The third kappa shape index (κ3) is 3.05. The van der Waals surface area contributed by atoms with Crippen LogP contribution in [0, 0.1) is 0 Å². The molecule has 5 nitrogen and oxygen atoms in total. The minimum Gasteiger partial charge on any atom is -0.396 e. The fraction of sp³-hybridized carbons (Fsp3) is 0.400. The molecule has 1 aromatic carbocycles. The Morgan fingerprint density at radius 2 is 1.95 bits per heavy atom. The summed E-state index contributed by atoms with van der Waals surface area (Å²) in [5.74, 6) is -0.235. The van der Waals surface area contributed by atoms with Crippen molar-refractivity contribution < 1.29 is 15.0 Å². The van der Waals surface area contributed by atoms with Crippen LogP contribution in [0.4, 0.5) is 0 Å². The van der Waals surface area contributed by atoms with Crippen molar-refractivity contribution in [3.63, 3.8) is 0 Å². The molecule has 0 aliphatic rings. The molecule has 0 spiro atoms. The molecule has 0 aliphatic carbocycles. The number of fused-ring (bicyclic) bond motifs is 1. The molecule has 2 aromatic rings. The Bertz CT molecular complexity index is 600. The number of aromatic nitrogens is 1. The minimum absolute atomic E-state index is 0.00193. The molecular weight excluding hydrogens is 292 g/mol. The summed E-state index contributed by atoms with van der Waals surface area (Å²) in [6, 6.07) is 7.55. The van der Waals surface area contributed by atoms with Gasteiger partial charge in [0.1, 0.15) is 5.69 Å². The van der Waals surface area contributed by atoms with Crippen molar-refractivity contribution in [3.8, 4) is 0 Å². The molecule has 0 saturated heterocycles. The number of para-hydroxylation sites is 1. The average molecular weight is 311 g/mol. The van der Waals surface area contributed by atoms with Gasteiger partial charge in [-0.15, -0.1) is 0 Å². The van der Waals surface area contributed by atoms with Crippen LogP contribution in [0.5, 0.6) is 0 Å². The lowest BCUT2D eigenvalue weighted by atomic mass is 10.2. The lowest BCUT2D eigenvalue weighted by Crippen LogP contribution is -2.36. The first-order valence-corrected chi connectivity index (χ1v) is 7.23. The van der Waals surface area contributed by atoms with Gasteiger partial charge in [-0.1, -0.05) is 29.8 Å². The second kappa shape index (κ2) is 6.93. The molecule has 0 aliphatic heterocycles. The number of carbonyl (C=O) groups is 1. The highest BCUT2D eigenvalue weighted by atomic mass is 35.5. The summed E-state index contributed by atoms with van der Waals surface area (Å²) >= 11 is 6.36. The molecule has 1 amide bonds. The van der Waals surface area contributed by atoms with E-state index in [-0.39, 0.29) is 25.7 Å². The third-order valence-corrected chi connectivity index (χ3v) is 3.87. The number of aliphatic hydroxyl groups is 2. The van der Waals surface area contributed by atoms with E-state index in [0.717, 1.165) is 10.9 Å². The third-order valence-electron chi connectivity index (χ3n) is 3.49. The topological polar surface area (TPSA) is 65.7 Å². The number of carbonyl (C=O) groups excluding carboxylic acids is 1. The van der Waals surface area contributed by atoms with E-state index in [1.54, 1.807) is 11.6 Å². The predicted molar refractivity (Wildman–Crippen MR) is 82.6 cm³/mol. The largest absolute Gasteiger partial charge is 0.396 e. The maximum atomic E-state index is 12.7. The molecule has 0 saturated carbocycles. The average Bonchev–Trinajstić information content (AvgIpc) is 2.75. The second-order valence-electron chi connectivity index (χ2n) is 4.83. The number of halogens is 1. The Labute approximate surface area is 128 Å². The maximum Gasteiger partial charge on any atom is 0.272 e. The molecular formula is C15H19ClN2O3. The standard InChI is InChI=1S/C15H19ClN2O3/c1-17-12-6-3-2-5-11(12)13(16)14(17)15(21)18(8-10-20)7-4-9-19/h2-3,5-6,19-20H,4,7-10H2,1H3. The van der Waals surface area contributed by atoms with Crippen molar-refractivity contribution >= 4 is 28.4 Å². The summed E-state index contributed by atoms with van der Waals surface area (Å²) in [5, 5.41) is 19.3. The van der Waals surface area contributed by atoms with Gasteiger partial charge in [0, 0.05) is 37.6 Å². The van der Waals surface area contributed by atoms with E-state index < -0.39 is 0 Å². The summed E-state index contributed by atoms with van der Waals surface area (Å²) < 4.78 is 1.77. The maximum absolute atomic E-state index is 12.7. The van der Waals surface area contributed by atoms with Crippen LogP contribution in [0.1, 0.15) is 16.9 Å². The lowest BCUT2D eigenvalue weighted by molar-refractivity contribution is 0.0701. The SMILES string of the molecule is Cn1c(C(=O)N(CCO)CCCO)c(Cl)c2ccccc21. The number of benzene rings is 1.